The van der Waals surface area contributed by atoms with Gasteiger partial charge in [0.25, 0.3) is 0 Å². The van der Waals surface area contributed by atoms with Gasteiger partial charge in [0.2, 0.25) is 0 Å². The van der Waals surface area contributed by atoms with Gasteiger partial charge in [-0.05, 0) is 19.8 Å². The summed E-state index contributed by atoms with van der Waals surface area (Å²) in [4.78, 5) is 32.3. The van der Waals surface area contributed by atoms with Crippen LogP contribution in [-0.4, -0.2) is 52.9 Å². The summed E-state index contributed by atoms with van der Waals surface area (Å²) in [5, 5.41) is 0.480. The van der Waals surface area contributed by atoms with E-state index in [-0.39, 0.29) is 5.97 Å². The van der Waals surface area contributed by atoms with Crippen LogP contribution in [0.25, 0.3) is 0 Å². The summed E-state index contributed by atoms with van der Waals surface area (Å²) >= 11 is 1.67. The molecular formula is C14H19N3O3S. The molecule has 0 unspecified atom stereocenters. The Labute approximate surface area is 128 Å². The summed E-state index contributed by atoms with van der Waals surface area (Å²) in [6.45, 7) is 4.02. The van der Waals surface area contributed by atoms with Crippen LogP contribution in [0.1, 0.15) is 30.3 Å². The minimum Gasteiger partial charge on any atom is -0.465 e. The van der Waals surface area contributed by atoms with Gasteiger partial charge >= 0.3 is 5.97 Å². The lowest BCUT2D eigenvalue weighted by Gasteiger charge is -2.32. The average molecular weight is 309 g/mol. The Hall–Kier alpha value is -1.63. The molecule has 0 spiro atoms. The van der Waals surface area contributed by atoms with Gasteiger partial charge in [-0.2, -0.15) is 0 Å². The van der Waals surface area contributed by atoms with E-state index in [4.69, 9.17) is 4.74 Å². The van der Waals surface area contributed by atoms with Crippen LogP contribution >= 0.6 is 11.8 Å². The van der Waals surface area contributed by atoms with E-state index in [2.05, 4.69) is 14.9 Å². The summed E-state index contributed by atoms with van der Waals surface area (Å²) in [6.07, 6.45) is 5.82. The third-order valence-corrected chi connectivity index (χ3v) is 4.63. The van der Waals surface area contributed by atoms with Crippen molar-refractivity contribution >= 4 is 29.8 Å². The number of carbonyl (C=O) groups excluding carboxylic acids is 2. The van der Waals surface area contributed by atoms with E-state index in [1.165, 1.54) is 6.20 Å². The molecule has 0 bridgehead atoms. The van der Waals surface area contributed by atoms with Gasteiger partial charge in [0.05, 0.1) is 24.8 Å². The molecule has 0 N–H and O–H groups in total. The van der Waals surface area contributed by atoms with Crippen LogP contribution in [0.4, 0.5) is 5.82 Å². The molecule has 0 radical (unpaired) electrons. The molecule has 6 nitrogen and oxygen atoms in total. The van der Waals surface area contributed by atoms with Gasteiger partial charge in [-0.1, -0.05) is 0 Å². The number of aldehydes is 1. The number of ether oxygens (including phenoxy) is 1. The van der Waals surface area contributed by atoms with Gasteiger partial charge in [-0.3, -0.25) is 9.59 Å². The fourth-order valence-corrected chi connectivity index (χ4v) is 3.19. The summed E-state index contributed by atoms with van der Waals surface area (Å²) in [5.74, 6) is 1.08. The molecule has 0 aromatic carbocycles. The Morgan fingerprint density at radius 3 is 2.76 bits per heavy atom. The van der Waals surface area contributed by atoms with Crippen LogP contribution in [0.2, 0.25) is 0 Å². The van der Waals surface area contributed by atoms with Gasteiger partial charge in [0.1, 0.15) is 11.5 Å². The molecule has 2 rings (SSSR count). The molecule has 0 atom stereocenters. The smallest absolute Gasteiger partial charge is 0.315 e. The van der Waals surface area contributed by atoms with Crippen LogP contribution in [0, 0.1) is 0 Å². The van der Waals surface area contributed by atoms with Gasteiger partial charge < -0.3 is 9.64 Å². The standard InChI is InChI=1S/C14H19N3O3S/c1-2-20-14(19)10-21-12-3-5-17(6-4-12)13-8-15-11(9-18)7-16-13/h7-9,12H,2-6,10H2,1H3. The monoisotopic (exact) mass is 309 g/mol. The molecule has 1 saturated heterocycles. The van der Waals surface area contributed by atoms with E-state index >= 15 is 0 Å². The Bertz CT molecular complexity index is 473. The first-order valence-electron chi connectivity index (χ1n) is 7.02. The van der Waals surface area contributed by atoms with E-state index in [0.717, 1.165) is 31.7 Å². The average Bonchev–Trinajstić information content (AvgIpc) is 2.54. The van der Waals surface area contributed by atoms with Crippen molar-refractivity contribution in [3.63, 3.8) is 0 Å². The zero-order valence-corrected chi connectivity index (χ0v) is 12.8. The summed E-state index contributed by atoms with van der Waals surface area (Å²) in [5.41, 5.74) is 0.346. The predicted molar refractivity (Wildman–Crippen MR) is 81.7 cm³/mol. The molecule has 1 aliphatic heterocycles. The number of esters is 1. The highest BCUT2D eigenvalue weighted by atomic mass is 32.2. The second-order valence-electron chi connectivity index (χ2n) is 4.72. The van der Waals surface area contributed by atoms with Crippen molar-refractivity contribution in [2.75, 3.05) is 30.3 Å². The van der Waals surface area contributed by atoms with E-state index in [9.17, 15) is 9.59 Å². The lowest BCUT2D eigenvalue weighted by Crippen LogP contribution is -2.35. The maximum Gasteiger partial charge on any atom is 0.315 e. The molecular weight excluding hydrogens is 290 g/mol. The molecule has 1 fully saturated rings. The number of nitrogens with zero attached hydrogens (tertiary/aromatic N) is 3. The number of carbonyl (C=O) groups is 2. The Kier molecular flexibility index (Phi) is 5.98. The van der Waals surface area contributed by atoms with E-state index in [1.54, 1.807) is 18.0 Å². The number of hydrogen-bond donors (Lipinski definition) is 0. The number of rotatable bonds is 6. The van der Waals surface area contributed by atoms with Crippen LogP contribution in [0.5, 0.6) is 0 Å². The maximum absolute atomic E-state index is 11.3. The number of piperidine rings is 1. The maximum atomic E-state index is 11.3. The van der Waals surface area contributed by atoms with Crippen molar-refractivity contribution in [2.45, 2.75) is 25.0 Å². The van der Waals surface area contributed by atoms with Gasteiger partial charge in [0.15, 0.2) is 6.29 Å². The highest BCUT2D eigenvalue weighted by molar-refractivity contribution is 8.00. The lowest BCUT2D eigenvalue weighted by atomic mass is 10.1. The van der Waals surface area contributed by atoms with Crippen molar-refractivity contribution in [3.8, 4) is 0 Å². The molecule has 0 aliphatic carbocycles. The molecule has 114 valence electrons. The quantitative estimate of drug-likeness (QED) is 0.583. The summed E-state index contributed by atoms with van der Waals surface area (Å²) in [7, 11) is 0. The van der Waals surface area contributed by atoms with Crippen LogP contribution in [0.3, 0.4) is 0 Å². The van der Waals surface area contributed by atoms with E-state index in [0.29, 0.717) is 29.6 Å². The number of aromatic nitrogens is 2. The van der Waals surface area contributed by atoms with Crippen LogP contribution < -0.4 is 4.90 Å². The molecule has 0 saturated carbocycles. The molecule has 1 aromatic heterocycles. The fraction of sp³-hybridized carbons (Fsp3) is 0.571. The van der Waals surface area contributed by atoms with E-state index < -0.39 is 0 Å². The lowest BCUT2D eigenvalue weighted by molar-refractivity contribution is -0.139. The first kappa shape index (κ1) is 15.8. The SMILES string of the molecule is CCOC(=O)CSC1CCN(c2cnc(C=O)cn2)CC1. The van der Waals surface area contributed by atoms with Crippen molar-refractivity contribution in [1.29, 1.82) is 0 Å². The van der Waals surface area contributed by atoms with Crippen molar-refractivity contribution in [1.82, 2.24) is 9.97 Å². The summed E-state index contributed by atoms with van der Waals surface area (Å²) < 4.78 is 4.93. The van der Waals surface area contributed by atoms with E-state index in [1.807, 2.05) is 6.92 Å². The summed E-state index contributed by atoms with van der Waals surface area (Å²) in [6, 6.07) is 0. The molecule has 1 aliphatic rings. The predicted octanol–water partition coefficient (Wildman–Crippen LogP) is 1.55. The molecule has 21 heavy (non-hydrogen) atoms. The van der Waals surface area contributed by atoms with Crippen molar-refractivity contribution in [2.24, 2.45) is 0 Å². The Morgan fingerprint density at radius 1 is 1.43 bits per heavy atom. The number of anilines is 1. The molecule has 0 amide bonds. The highest BCUT2D eigenvalue weighted by Gasteiger charge is 2.21. The Morgan fingerprint density at radius 2 is 2.19 bits per heavy atom. The van der Waals surface area contributed by atoms with Crippen LogP contribution in [0.15, 0.2) is 12.4 Å². The second-order valence-corrected chi connectivity index (χ2v) is 6.01. The van der Waals surface area contributed by atoms with Crippen molar-refractivity contribution in [3.05, 3.63) is 18.1 Å². The number of hydrogen-bond acceptors (Lipinski definition) is 7. The fourth-order valence-electron chi connectivity index (χ4n) is 2.20. The molecule has 1 aromatic rings. The zero-order chi connectivity index (χ0) is 15.1. The minimum atomic E-state index is -0.139. The van der Waals surface area contributed by atoms with Crippen LogP contribution in [-0.2, 0) is 9.53 Å². The Balaban J connectivity index is 1.77. The minimum absolute atomic E-state index is 0.139. The zero-order valence-electron chi connectivity index (χ0n) is 12.0. The third-order valence-electron chi connectivity index (χ3n) is 3.29. The third kappa shape index (κ3) is 4.70. The second kappa shape index (κ2) is 7.97. The van der Waals surface area contributed by atoms with Gasteiger partial charge in [-0.15, -0.1) is 11.8 Å². The number of thioether (sulfide) groups is 1. The first-order chi connectivity index (χ1) is 10.2. The first-order valence-corrected chi connectivity index (χ1v) is 8.07. The highest BCUT2D eigenvalue weighted by Crippen LogP contribution is 2.25. The topological polar surface area (TPSA) is 72.4 Å². The largest absolute Gasteiger partial charge is 0.465 e. The van der Waals surface area contributed by atoms with Crippen molar-refractivity contribution < 1.29 is 14.3 Å². The molecule has 2 heterocycles. The molecule has 7 heteroatoms. The van der Waals surface area contributed by atoms with Gasteiger partial charge in [-0.25, -0.2) is 9.97 Å². The van der Waals surface area contributed by atoms with Gasteiger partial charge in [0, 0.05) is 18.3 Å². The normalized spacial score (nSPS) is 15.8.